The molecule has 0 unspecified atom stereocenters. The largest absolute Gasteiger partial charge is 0.0972 e. The van der Waals surface area contributed by atoms with Gasteiger partial charge in [0.2, 0.25) is 0 Å². The van der Waals surface area contributed by atoms with Crippen molar-refractivity contribution in [3.8, 4) is 0 Å². The summed E-state index contributed by atoms with van der Waals surface area (Å²) in [5, 5.41) is 1.74. The Balaban J connectivity index is 2.47. The molecule has 0 spiro atoms. The van der Waals surface area contributed by atoms with Gasteiger partial charge in [0.1, 0.15) is 0 Å². The van der Waals surface area contributed by atoms with Crippen molar-refractivity contribution in [3.05, 3.63) is 29.8 Å². The van der Waals surface area contributed by atoms with E-state index in [-0.39, 0.29) is 0 Å². The molecule has 0 fully saturated rings. The van der Waals surface area contributed by atoms with Crippen LogP contribution >= 0.6 is 7.26 Å². The Hall–Kier alpha value is -0.350. The number of benzene rings is 1. The zero-order valence-corrected chi connectivity index (χ0v) is 9.48. The second kappa shape index (κ2) is 3.42. The van der Waals surface area contributed by atoms with Gasteiger partial charge < -0.3 is 0 Å². The van der Waals surface area contributed by atoms with Gasteiger partial charge >= 0.3 is 0 Å². The van der Waals surface area contributed by atoms with Gasteiger partial charge in [-0.25, -0.2) is 0 Å². The number of rotatable bonds is 2. The molecule has 70 valence electrons. The number of fused-ring (bicyclic) bond motifs is 1. The Kier molecular flexibility index (Phi) is 2.43. The number of aryl methyl sites for hydroxylation is 1. The molecule has 1 heterocycles. The van der Waals surface area contributed by atoms with E-state index in [9.17, 15) is 0 Å². The van der Waals surface area contributed by atoms with E-state index in [2.05, 4.69) is 38.1 Å². The van der Waals surface area contributed by atoms with Gasteiger partial charge in [-0.1, -0.05) is 18.2 Å². The molecule has 0 amide bonds. The van der Waals surface area contributed by atoms with Crippen LogP contribution in [0.15, 0.2) is 24.3 Å². The van der Waals surface area contributed by atoms with E-state index in [1.165, 1.54) is 24.9 Å². The fourth-order valence-electron chi connectivity index (χ4n) is 2.52. The van der Waals surface area contributed by atoms with Crippen molar-refractivity contribution in [2.75, 3.05) is 18.5 Å². The van der Waals surface area contributed by atoms with Gasteiger partial charge in [-0.2, -0.15) is 0 Å². The molecule has 1 aromatic carbocycles. The van der Waals surface area contributed by atoms with Crippen LogP contribution in [0.2, 0.25) is 0 Å². The van der Waals surface area contributed by atoms with Crippen molar-refractivity contribution in [2.45, 2.75) is 20.3 Å². The topological polar surface area (TPSA) is 0 Å². The van der Waals surface area contributed by atoms with Gasteiger partial charge in [0.05, 0.1) is 23.8 Å². The molecular weight excluding hydrogens is 175 g/mol. The minimum atomic E-state index is -0.699. The molecule has 1 aliphatic heterocycles. The van der Waals surface area contributed by atoms with Crippen molar-refractivity contribution in [3.63, 3.8) is 0 Å². The van der Waals surface area contributed by atoms with Gasteiger partial charge in [-0.3, -0.25) is 0 Å². The molecule has 0 radical (unpaired) electrons. The third-order valence-electron chi connectivity index (χ3n) is 3.52. The van der Waals surface area contributed by atoms with Crippen molar-refractivity contribution in [1.29, 1.82) is 0 Å². The van der Waals surface area contributed by atoms with Gasteiger partial charge in [0, 0.05) is 13.7 Å². The average Bonchev–Trinajstić information content (AvgIpc) is 2.58. The molecule has 0 bridgehead atoms. The summed E-state index contributed by atoms with van der Waals surface area (Å²) >= 11 is 0. The molecule has 1 aromatic rings. The highest BCUT2D eigenvalue weighted by Crippen LogP contribution is 2.60. The van der Waals surface area contributed by atoms with Gasteiger partial charge in [0.25, 0.3) is 0 Å². The Bertz CT molecular complexity index is 300. The molecule has 0 nitrogen and oxygen atoms in total. The van der Waals surface area contributed by atoms with Crippen LogP contribution in [0, 0.1) is 0 Å². The molecule has 0 saturated heterocycles. The first kappa shape index (κ1) is 9.21. The minimum absolute atomic E-state index is 0.699. The van der Waals surface area contributed by atoms with Crippen molar-refractivity contribution < 1.29 is 0 Å². The van der Waals surface area contributed by atoms with Gasteiger partial charge in [0.15, 0.2) is 0 Å². The van der Waals surface area contributed by atoms with Crippen LogP contribution in [0.25, 0.3) is 0 Å². The molecule has 0 saturated carbocycles. The lowest BCUT2D eigenvalue weighted by Gasteiger charge is -2.19. The normalized spacial score (nSPS) is 18.6. The Morgan fingerprint density at radius 3 is 2.54 bits per heavy atom. The highest BCUT2D eigenvalue weighted by Gasteiger charge is 2.42. The van der Waals surface area contributed by atoms with E-state index in [0.29, 0.717) is 0 Å². The molecule has 0 N–H and O–H groups in total. The van der Waals surface area contributed by atoms with Gasteiger partial charge in [-0.15, -0.1) is 0 Å². The van der Waals surface area contributed by atoms with Gasteiger partial charge in [-0.05, 0) is 25.5 Å². The zero-order chi connectivity index (χ0) is 9.31. The maximum Gasteiger partial charge on any atom is 0.0972 e. The second-order valence-electron chi connectivity index (χ2n) is 3.88. The van der Waals surface area contributed by atoms with E-state index >= 15 is 0 Å². The Labute approximate surface area is 81.7 Å². The Morgan fingerprint density at radius 1 is 1.15 bits per heavy atom. The van der Waals surface area contributed by atoms with E-state index in [4.69, 9.17) is 0 Å². The SMILES string of the molecule is CC[P+]1(CC)CCc2ccccc21. The standard InChI is InChI=1S/C12H18P/c1-3-13(4-2)10-9-11-7-5-6-8-12(11)13/h5-8H,3-4,9-10H2,1-2H3/q+1. The molecule has 13 heavy (non-hydrogen) atoms. The first-order chi connectivity index (χ1) is 6.32. The number of hydrogen-bond acceptors (Lipinski definition) is 0. The summed E-state index contributed by atoms with van der Waals surface area (Å²) in [4.78, 5) is 0. The summed E-state index contributed by atoms with van der Waals surface area (Å²) in [6.45, 7) is 4.75. The van der Waals surface area contributed by atoms with Crippen LogP contribution in [0.3, 0.4) is 0 Å². The summed E-state index contributed by atoms with van der Waals surface area (Å²) in [6, 6.07) is 9.10. The average molecular weight is 193 g/mol. The molecule has 1 aliphatic rings. The fraction of sp³-hybridized carbons (Fsp3) is 0.500. The second-order valence-corrected chi connectivity index (χ2v) is 8.36. The summed E-state index contributed by atoms with van der Waals surface area (Å²) in [6.07, 6.45) is 5.62. The third kappa shape index (κ3) is 1.32. The summed E-state index contributed by atoms with van der Waals surface area (Å²) < 4.78 is 0. The van der Waals surface area contributed by atoms with E-state index in [1.807, 2.05) is 0 Å². The molecule has 0 aromatic heterocycles. The summed E-state index contributed by atoms with van der Waals surface area (Å²) in [5.74, 6) is 0. The number of hydrogen-bond donors (Lipinski definition) is 0. The highest BCUT2D eigenvalue weighted by molar-refractivity contribution is 7.83. The molecule has 1 heteroatoms. The van der Waals surface area contributed by atoms with E-state index < -0.39 is 7.26 Å². The first-order valence-corrected chi connectivity index (χ1v) is 7.61. The maximum atomic E-state index is 2.38. The van der Waals surface area contributed by atoms with Crippen LogP contribution in [-0.4, -0.2) is 18.5 Å². The lowest BCUT2D eigenvalue weighted by molar-refractivity contribution is 1.18. The fourth-order valence-corrected chi connectivity index (χ4v) is 6.39. The molecular formula is C12H18P+. The van der Waals surface area contributed by atoms with Crippen LogP contribution < -0.4 is 5.30 Å². The molecule has 0 aliphatic carbocycles. The Morgan fingerprint density at radius 2 is 1.85 bits per heavy atom. The zero-order valence-electron chi connectivity index (χ0n) is 8.59. The predicted octanol–water partition coefficient (Wildman–Crippen LogP) is 2.93. The minimum Gasteiger partial charge on any atom is -0.0617 e. The molecule has 2 rings (SSSR count). The summed E-state index contributed by atoms with van der Waals surface area (Å²) in [5.41, 5.74) is 1.64. The summed E-state index contributed by atoms with van der Waals surface area (Å²) in [7, 11) is -0.699. The first-order valence-electron chi connectivity index (χ1n) is 5.27. The monoisotopic (exact) mass is 193 g/mol. The van der Waals surface area contributed by atoms with Crippen LogP contribution in [0.1, 0.15) is 19.4 Å². The maximum absolute atomic E-state index is 2.38. The smallest absolute Gasteiger partial charge is 0.0617 e. The quantitative estimate of drug-likeness (QED) is 0.633. The highest BCUT2D eigenvalue weighted by atomic mass is 31.2. The molecule has 0 atom stereocenters. The van der Waals surface area contributed by atoms with E-state index in [1.54, 1.807) is 10.9 Å². The van der Waals surface area contributed by atoms with Crippen molar-refractivity contribution in [1.82, 2.24) is 0 Å². The van der Waals surface area contributed by atoms with Crippen LogP contribution in [0.4, 0.5) is 0 Å². The van der Waals surface area contributed by atoms with Crippen molar-refractivity contribution >= 4 is 12.6 Å². The lowest BCUT2D eigenvalue weighted by atomic mass is 10.2. The predicted molar refractivity (Wildman–Crippen MR) is 62.6 cm³/mol. The van der Waals surface area contributed by atoms with Crippen LogP contribution in [-0.2, 0) is 6.42 Å². The third-order valence-corrected chi connectivity index (χ3v) is 8.48. The van der Waals surface area contributed by atoms with E-state index in [0.717, 1.165) is 0 Å². The lowest BCUT2D eigenvalue weighted by Crippen LogP contribution is -2.13. The van der Waals surface area contributed by atoms with Crippen molar-refractivity contribution in [2.24, 2.45) is 0 Å². The van der Waals surface area contributed by atoms with Crippen LogP contribution in [0.5, 0.6) is 0 Å².